The van der Waals surface area contributed by atoms with Crippen molar-refractivity contribution in [3.63, 3.8) is 0 Å². The average molecular weight is 395 g/mol. The van der Waals surface area contributed by atoms with Crippen LogP contribution in [0.25, 0.3) is 5.57 Å². The number of allylic oxidation sites excluding steroid dienone is 2. The van der Waals surface area contributed by atoms with Gasteiger partial charge in [-0.3, -0.25) is 0 Å². The molecule has 0 heterocycles. The number of ether oxygens (including phenoxy) is 1. The van der Waals surface area contributed by atoms with E-state index in [1.165, 1.54) is 22.3 Å². The Kier molecular flexibility index (Phi) is 5.24. The van der Waals surface area contributed by atoms with E-state index in [2.05, 4.69) is 42.5 Å². The molecule has 0 N–H and O–H groups in total. The largest absolute Gasteiger partial charge is 0.497 e. The summed E-state index contributed by atoms with van der Waals surface area (Å²) in [4.78, 5) is 0. The maximum atomic E-state index is 6.11. The van der Waals surface area contributed by atoms with Crippen molar-refractivity contribution in [1.82, 2.24) is 0 Å². The highest BCUT2D eigenvalue weighted by Crippen LogP contribution is 2.48. The van der Waals surface area contributed by atoms with Gasteiger partial charge in [0.1, 0.15) is 5.75 Å². The van der Waals surface area contributed by atoms with E-state index in [1.54, 1.807) is 7.11 Å². The van der Waals surface area contributed by atoms with Gasteiger partial charge in [-0.25, -0.2) is 0 Å². The molecule has 4 rings (SSSR count). The van der Waals surface area contributed by atoms with E-state index in [4.69, 9.17) is 27.9 Å². The first-order valence-electron chi connectivity index (χ1n) is 9.00. The first-order chi connectivity index (χ1) is 13.1. The van der Waals surface area contributed by atoms with E-state index in [9.17, 15) is 0 Å². The summed E-state index contributed by atoms with van der Waals surface area (Å²) < 4.78 is 5.32. The van der Waals surface area contributed by atoms with Gasteiger partial charge in [-0.1, -0.05) is 65.7 Å². The summed E-state index contributed by atoms with van der Waals surface area (Å²) in [6.07, 6.45) is 3.38. The van der Waals surface area contributed by atoms with Gasteiger partial charge < -0.3 is 4.74 Å². The zero-order chi connectivity index (χ0) is 18.8. The van der Waals surface area contributed by atoms with Gasteiger partial charge in [-0.15, -0.1) is 0 Å². The topological polar surface area (TPSA) is 9.23 Å². The molecule has 0 saturated carbocycles. The number of benzene rings is 3. The molecule has 0 amide bonds. The molecule has 2 atom stereocenters. The third-order valence-electron chi connectivity index (χ3n) is 5.27. The predicted molar refractivity (Wildman–Crippen MR) is 114 cm³/mol. The van der Waals surface area contributed by atoms with Crippen molar-refractivity contribution >= 4 is 28.8 Å². The van der Waals surface area contributed by atoms with Crippen molar-refractivity contribution in [2.24, 2.45) is 0 Å². The molecule has 0 bridgehead atoms. The first-order valence-corrected chi connectivity index (χ1v) is 9.75. The Hall–Kier alpha value is -2.22. The third-order valence-corrected chi connectivity index (χ3v) is 5.77. The van der Waals surface area contributed by atoms with E-state index in [0.717, 1.165) is 22.2 Å². The van der Waals surface area contributed by atoms with E-state index in [1.807, 2.05) is 36.4 Å². The van der Waals surface area contributed by atoms with Crippen molar-refractivity contribution in [3.8, 4) is 5.75 Å². The van der Waals surface area contributed by atoms with Crippen LogP contribution in [0.5, 0.6) is 5.75 Å². The summed E-state index contributed by atoms with van der Waals surface area (Å²) in [5.41, 5.74) is 5.18. The lowest BCUT2D eigenvalue weighted by atomic mass is 9.83. The molecule has 0 unspecified atom stereocenters. The molecule has 1 aliphatic carbocycles. The Bertz CT molecular complexity index is 941. The van der Waals surface area contributed by atoms with Gasteiger partial charge in [0.2, 0.25) is 0 Å². The van der Waals surface area contributed by atoms with Crippen LogP contribution in [0.3, 0.4) is 0 Å². The summed E-state index contributed by atoms with van der Waals surface area (Å²) in [5, 5.41) is 1.53. The van der Waals surface area contributed by atoms with Crippen LogP contribution in [-0.4, -0.2) is 7.11 Å². The number of halogens is 2. The highest BCUT2D eigenvalue weighted by atomic mass is 35.5. The molecular formula is C24H20Cl2O. The standard InChI is InChI=1S/C24H20Cl2O/c1-27-22-12-6-18(7-13-22)24-15-19(16-2-8-20(25)9-3-16)14-23(24)17-4-10-21(26)11-5-17/h2-13,15,23-24H,14H2,1H3/t23-,24-/m1/s1. The predicted octanol–water partition coefficient (Wildman–Crippen LogP) is 7.36. The van der Waals surface area contributed by atoms with Crippen molar-refractivity contribution in [1.29, 1.82) is 0 Å². The minimum Gasteiger partial charge on any atom is -0.497 e. The number of methoxy groups -OCH3 is 1. The number of hydrogen-bond acceptors (Lipinski definition) is 1. The first kappa shape index (κ1) is 18.2. The fourth-order valence-corrected chi connectivity index (χ4v) is 4.08. The lowest BCUT2D eigenvalue weighted by molar-refractivity contribution is 0.414. The highest BCUT2D eigenvalue weighted by molar-refractivity contribution is 6.30. The van der Waals surface area contributed by atoms with Crippen molar-refractivity contribution in [2.75, 3.05) is 7.11 Å². The number of hydrogen-bond donors (Lipinski definition) is 0. The quantitative estimate of drug-likeness (QED) is 0.449. The summed E-state index contributed by atoms with van der Waals surface area (Å²) >= 11 is 12.2. The molecular weight excluding hydrogens is 375 g/mol. The molecule has 3 aromatic carbocycles. The van der Waals surface area contributed by atoms with Crippen LogP contribution in [0, 0.1) is 0 Å². The van der Waals surface area contributed by atoms with Crippen molar-refractivity contribution < 1.29 is 4.74 Å². The summed E-state index contributed by atoms with van der Waals surface area (Å²) in [7, 11) is 1.69. The van der Waals surface area contributed by atoms with Gasteiger partial charge in [0, 0.05) is 16.0 Å². The molecule has 1 nitrogen and oxygen atoms in total. The molecule has 3 aromatic rings. The highest BCUT2D eigenvalue weighted by Gasteiger charge is 2.30. The van der Waals surface area contributed by atoms with E-state index < -0.39 is 0 Å². The second-order valence-corrected chi connectivity index (χ2v) is 7.73. The molecule has 3 heteroatoms. The van der Waals surface area contributed by atoms with E-state index >= 15 is 0 Å². The SMILES string of the molecule is COc1ccc([C@H]2C=C(c3ccc(Cl)cc3)C[C@@H]2c2ccc(Cl)cc2)cc1. The molecule has 0 aromatic heterocycles. The minimum atomic E-state index is 0.308. The van der Waals surface area contributed by atoms with Crippen molar-refractivity contribution in [3.05, 3.63) is 106 Å². The molecule has 27 heavy (non-hydrogen) atoms. The second-order valence-electron chi connectivity index (χ2n) is 6.86. The third kappa shape index (κ3) is 3.90. The lowest BCUT2D eigenvalue weighted by Crippen LogP contribution is -2.05. The normalized spacial score (nSPS) is 19.0. The van der Waals surface area contributed by atoms with E-state index in [0.29, 0.717) is 11.8 Å². The van der Waals surface area contributed by atoms with Gasteiger partial charge >= 0.3 is 0 Å². The molecule has 0 aliphatic heterocycles. The number of rotatable bonds is 4. The van der Waals surface area contributed by atoms with Crippen LogP contribution in [-0.2, 0) is 0 Å². The molecule has 136 valence electrons. The van der Waals surface area contributed by atoms with Crippen LogP contribution in [0.4, 0.5) is 0 Å². The Morgan fingerprint density at radius 3 is 1.89 bits per heavy atom. The lowest BCUT2D eigenvalue weighted by Gasteiger charge is -2.21. The zero-order valence-corrected chi connectivity index (χ0v) is 16.5. The summed E-state index contributed by atoms with van der Waals surface area (Å²) in [6, 6.07) is 24.7. The van der Waals surface area contributed by atoms with Crippen LogP contribution in [0.15, 0.2) is 78.9 Å². The molecule has 0 radical (unpaired) electrons. The van der Waals surface area contributed by atoms with Crippen LogP contribution >= 0.6 is 23.2 Å². The zero-order valence-electron chi connectivity index (χ0n) is 15.0. The van der Waals surface area contributed by atoms with Crippen LogP contribution in [0.2, 0.25) is 10.0 Å². The van der Waals surface area contributed by atoms with E-state index in [-0.39, 0.29) is 0 Å². The second kappa shape index (κ2) is 7.80. The minimum absolute atomic E-state index is 0.308. The van der Waals surface area contributed by atoms with Gasteiger partial charge in [0.25, 0.3) is 0 Å². The summed E-state index contributed by atoms with van der Waals surface area (Å²) in [5.74, 6) is 1.56. The molecule has 0 spiro atoms. The fourth-order valence-electron chi connectivity index (χ4n) is 3.83. The van der Waals surface area contributed by atoms with Gasteiger partial charge in [0.15, 0.2) is 0 Å². The monoisotopic (exact) mass is 394 g/mol. The maximum absolute atomic E-state index is 6.11. The van der Waals surface area contributed by atoms with Gasteiger partial charge in [0.05, 0.1) is 7.11 Å². The molecule has 0 fully saturated rings. The molecule has 0 saturated heterocycles. The Morgan fingerprint density at radius 2 is 1.30 bits per heavy atom. The fraction of sp³-hybridized carbons (Fsp3) is 0.167. The average Bonchev–Trinajstić information content (AvgIpc) is 3.14. The Morgan fingerprint density at radius 1 is 0.741 bits per heavy atom. The maximum Gasteiger partial charge on any atom is 0.118 e. The van der Waals surface area contributed by atoms with Gasteiger partial charge in [-0.05, 0) is 71.0 Å². The van der Waals surface area contributed by atoms with Gasteiger partial charge in [-0.2, -0.15) is 0 Å². The van der Waals surface area contributed by atoms with Crippen molar-refractivity contribution in [2.45, 2.75) is 18.3 Å². The molecule has 1 aliphatic rings. The Balaban J connectivity index is 1.72. The Labute approximate surface area is 170 Å². The smallest absolute Gasteiger partial charge is 0.118 e. The summed E-state index contributed by atoms with van der Waals surface area (Å²) in [6.45, 7) is 0. The van der Waals surface area contributed by atoms with Crippen LogP contribution in [0.1, 0.15) is 34.9 Å². The van der Waals surface area contributed by atoms with Crippen LogP contribution < -0.4 is 4.74 Å².